The summed E-state index contributed by atoms with van der Waals surface area (Å²) in [6.45, 7) is 14.6. The van der Waals surface area contributed by atoms with Crippen LogP contribution >= 0.6 is 0 Å². The molecule has 3 atom stereocenters. The maximum atomic E-state index is 10.8. The lowest BCUT2D eigenvalue weighted by molar-refractivity contribution is -0.123. The molecule has 0 heterocycles. The Hall–Kier alpha value is -0.440. The van der Waals surface area contributed by atoms with Crippen LogP contribution in [0.5, 0.6) is 0 Å². The number of nitrogens with zero attached hydrogens (tertiary/aromatic N) is 1. The molecule has 3 heteroatoms. The van der Waals surface area contributed by atoms with Gasteiger partial charge >= 0.3 is 0 Å². The molecule has 0 bridgehead atoms. The zero-order chi connectivity index (χ0) is 14.4. The van der Waals surface area contributed by atoms with Gasteiger partial charge in [-0.2, -0.15) is 4.91 Å². The summed E-state index contributed by atoms with van der Waals surface area (Å²) in [7, 11) is 0. The van der Waals surface area contributed by atoms with Gasteiger partial charge < -0.3 is 4.74 Å². The molecule has 0 saturated heterocycles. The van der Waals surface area contributed by atoms with Gasteiger partial charge in [0.15, 0.2) is 0 Å². The van der Waals surface area contributed by atoms with Gasteiger partial charge in [-0.3, -0.25) is 0 Å². The minimum atomic E-state index is -0.537. The van der Waals surface area contributed by atoms with Crippen LogP contribution in [0.4, 0.5) is 0 Å². The average molecular weight is 257 g/mol. The van der Waals surface area contributed by atoms with Gasteiger partial charge in [0.25, 0.3) is 0 Å². The lowest BCUT2D eigenvalue weighted by atomic mass is 9.85. The van der Waals surface area contributed by atoms with Crippen LogP contribution in [0.3, 0.4) is 0 Å². The van der Waals surface area contributed by atoms with Crippen LogP contribution in [0, 0.1) is 10.8 Å². The first-order valence-corrected chi connectivity index (χ1v) is 7.27. The molecule has 0 rings (SSSR count). The third kappa shape index (κ3) is 5.05. The van der Waals surface area contributed by atoms with Gasteiger partial charge in [0.1, 0.15) is 0 Å². The zero-order valence-electron chi connectivity index (χ0n) is 13.2. The second-order valence-electron chi connectivity index (χ2n) is 6.23. The number of ether oxygens (including phenoxy) is 1. The van der Waals surface area contributed by atoms with Gasteiger partial charge in [0.2, 0.25) is 0 Å². The fraction of sp³-hybridized carbons (Fsp3) is 1.00. The van der Waals surface area contributed by atoms with Gasteiger partial charge in [0.05, 0.1) is 17.2 Å². The fourth-order valence-corrected chi connectivity index (χ4v) is 2.22. The van der Waals surface area contributed by atoms with E-state index in [0.717, 1.165) is 19.3 Å². The predicted octanol–water partition coefficient (Wildman–Crippen LogP) is 4.93. The van der Waals surface area contributed by atoms with E-state index in [-0.39, 0.29) is 11.7 Å². The Bertz CT molecular complexity index is 253. The average Bonchev–Trinajstić information content (AvgIpc) is 2.36. The molecular weight excluding hydrogens is 226 g/mol. The fourth-order valence-electron chi connectivity index (χ4n) is 2.22. The highest BCUT2D eigenvalue weighted by Crippen LogP contribution is 2.32. The molecule has 0 saturated carbocycles. The van der Waals surface area contributed by atoms with Gasteiger partial charge in [-0.15, -0.1) is 0 Å². The van der Waals surface area contributed by atoms with E-state index in [1.54, 1.807) is 0 Å². The summed E-state index contributed by atoms with van der Waals surface area (Å²) in [6, 6.07) is 0. The highest BCUT2D eigenvalue weighted by molar-refractivity contribution is 4.85. The molecule has 3 nitrogen and oxygen atoms in total. The molecule has 18 heavy (non-hydrogen) atoms. The normalized spacial score (nSPS) is 19.1. The molecule has 0 aromatic heterocycles. The Labute approximate surface area is 113 Å². The third-order valence-corrected chi connectivity index (χ3v) is 4.22. The summed E-state index contributed by atoms with van der Waals surface area (Å²) in [4.78, 5) is 10.8. The van der Waals surface area contributed by atoms with Crippen LogP contribution in [0.25, 0.3) is 0 Å². The number of nitroso groups, excluding NO2 is 1. The summed E-state index contributed by atoms with van der Waals surface area (Å²) in [5, 5.41) is 3.20. The molecule has 0 aliphatic rings. The van der Waals surface area contributed by atoms with Crippen molar-refractivity contribution >= 4 is 0 Å². The van der Waals surface area contributed by atoms with E-state index >= 15 is 0 Å². The summed E-state index contributed by atoms with van der Waals surface area (Å²) in [5.41, 5.74) is -0.640. The molecular formula is C15H31NO2. The van der Waals surface area contributed by atoms with Crippen LogP contribution in [0.1, 0.15) is 74.1 Å². The Kier molecular flexibility index (Phi) is 7.05. The van der Waals surface area contributed by atoms with Crippen molar-refractivity contribution in [1.29, 1.82) is 0 Å². The smallest absolute Gasteiger partial charge is 0.0995 e. The van der Waals surface area contributed by atoms with Crippen molar-refractivity contribution in [2.24, 2.45) is 11.1 Å². The largest absolute Gasteiger partial charge is 0.372 e. The van der Waals surface area contributed by atoms with E-state index < -0.39 is 5.54 Å². The summed E-state index contributed by atoms with van der Waals surface area (Å²) < 4.78 is 6.33. The Morgan fingerprint density at radius 1 is 1.11 bits per heavy atom. The van der Waals surface area contributed by atoms with Crippen molar-refractivity contribution in [3.63, 3.8) is 0 Å². The molecule has 108 valence electrons. The first-order valence-electron chi connectivity index (χ1n) is 7.27. The first-order chi connectivity index (χ1) is 8.24. The summed E-state index contributed by atoms with van der Waals surface area (Å²) >= 11 is 0. The number of hydrogen-bond donors (Lipinski definition) is 0. The van der Waals surface area contributed by atoms with Gasteiger partial charge in [-0.1, -0.05) is 39.3 Å². The van der Waals surface area contributed by atoms with Crippen molar-refractivity contribution in [1.82, 2.24) is 0 Å². The van der Waals surface area contributed by atoms with Gasteiger partial charge in [-0.05, 0) is 39.5 Å². The monoisotopic (exact) mass is 257 g/mol. The maximum Gasteiger partial charge on any atom is 0.0995 e. The second-order valence-corrected chi connectivity index (χ2v) is 6.23. The standard InChI is InChI=1S/C15H31NO2/c1-8-12(4)15(7,10-3)18-13(9-2)11-14(5,6)16-17/h12-13H,8-11H2,1-7H3. The molecule has 0 radical (unpaired) electrons. The van der Waals surface area contributed by atoms with E-state index in [1.807, 2.05) is 13.8 Å². The van der Waals surface area contributed by atoms with Crippen molar-refractivity contribution < 1.29 is 4.74 Å². The molecule has 0 N–H and O–H groups in total. The minimum Gasteiger partial charge on any atom is -0.372 e. The van der Waals surface area contributed by atoms with E-state index in [2.05, 4.69) is 39.8 Å². The zero-order valence-corrected chi connectivity index (χ0v) is 13.2. The molecule has 0 spiro atoms. The molecule has 3 unspecified atom stereocenters. The van der Waals surface area contributed by atoms with E-state index in [4.69, 9.17) is 4.74 Å². The number of hydrogen-bond acceptors (Lipinski definition) is 3. The van der Waals surface area contributed by atoms with Crippen LogP contribution in [-0.4, -0.2) is 17.2 Å². The molecule has 0 aliphatic heterocycles. The van der Waals surface area contributed by atoms with Crippen LogP contribution in [-0.2, 0) is 4.74 Å². The SMILES string of the molecule is CCC(CC(C)(C)N=O)OC(C)(CC)C(C)CC. The van der Waals surface area contributed by atoms with E-state index in [9.17, 15) is 4.91 Å². The van der Waals surface area contributed by atoms with Gasteiger partial charge in [0, 0.05) is 6.42 Å². The lowest BCUT2D eigenvalue weighted by Crippen LogP contribution is -2.41. The quantitative estimate of drug-likeness (QED) is 0.549. The third-order valence-electron chi connectivity index (χ3n) is 4.22. The summed E-state index contributed by atoms with van der Waals surface area (Å²) in [6.07, 6.45) is 3.82. The van der Waals surface area contributed by atoms with Crippen LogP contribution in [0.15, 0.2) is 5.18 Å². The second kappa shape index (κ2) is 7.22. The highest BCUT2D eigenvalue weighted by Gasteiger charge is 2.34. The van der Waals surface area contributed by atoms with E-state index in [0.29, 0.717) is 12.3 Å². The molecule has 0 aromatic carbocycles. The van der Waals surface area contributed by atoms with E-state index in [1.165, 1.54) is 0 Å². The molecule has 0 aliphatic carbocycles. The molecule has 0 aromatic rings. The lowest BCUT2D eigenvalue weighted by Gasteiger charge is -2.39. The Morgan fingerprint density at radius 3 is 2.00 bits per heavy atom. The Balaban J connectivity index is 4.73. The highest BCUT2D eigenvalue weighted by atomic mass is 16.5. The summed E-state index contributed by atoms with van der Waals surface area (Å²) in [5.74, 6) is 0.517. The topological polar surface area (TPSA) is 38.7 Å². The van der Waals surface area contributed by atoms with Crippen molar-refractivity contribution in [2.75, 3.05) is 0 Å². The molecule has 0 fully saturated rings. The van der Waals surface area contributed by atoms with Crippen molar-refractivity contribution in [3.05, 3.63) is 4.91 Å². The Morgan fingerprint density at radius 2 is 1.67 bits per heavy atom. The predicted molar refractivity (Wildman–Crippen MR) is 77.8 cm³/mol. The minimum absolute atomic E-state index is 0.103. The van der Waals surface area contributed by atoms with Crippen LogP contribution < -0.4 is 0 Å². The van der Waals surface area contributed by atoms with Crippen LogP contribution in [0.2, 0.25) is 0 Å². The van der Waals surface area contributed by atoms with Crippen molar-refractivity contribution in [3.8, 4) is 0 Å². The first kappa shape index (κ1) is 17.6. The van der Waals surface area contributed by atoms with Crippen molar-refractivity contribution in [2.45, 2.75) is 91.4 Å². The number of rotatable bonds is 9. The molecule has 0 amide bonds. The van der Waals surface area contributed by atoms with Gasteiger partial charge in [-0.25, -0.2) is 0 Å². The maximum absolute atomic E-state index is 10.8.